The molecule has 0 aliphatic carbocycles. The first-order chi connectivity index (χ1) is 14.7. The molecule has 0 bridgehead atoms. The number of hydrogen-bond donors (Lipinski definition) is 1. The van der Waals surface area contributed by atoms with Crippen LogP contribution < -0.4 is 10.1 Å². The van der Waals surface area contributed by atoms with Crippen LogP contribution in [0.4, 0.5) is 11.4 Å². The van der Waals surface area contributed by atoms with E-state index in [2.05, 4.69) is 11.4 Å². The predicted octanol–water partition coefficient (Wildman–Crippen LogP) is 6.07. The number of carbonyl (C=O) groups is 1. The van der Waals surface area contributed by atoms with E-state index in [1.807, 2.05) is 80.6 Å². The van der Waals surface area contributed by atoms with Gasteiger partial charge in [0.05, 0.1) is 17.9 Å². The van der Waals surface area contributed by atoms with Gasteiger partial charge in [-0.3, -0.25) is 0 Å². The molecule has 4 heteroatoms. The Kier molecular flexibility index (Phi) is 5.84. The molecule has 0 unspecified atom stereocenters. The van der Waals surface area contributed by atoms with Crippen molar-refractivity contribution in [3.63, 3.8) is 0 Å². The molecule has 4 rings (SSSR count). The number of carbonyl (C=O) groups excluding carboxylic acids is 1. The van der Waals surface area contributed by atoms with Crippen LogP contribution in [0.15, 0.2) is 72.8 Å². The molecular formula is C26H25NO3. The van der Waals surface area contributed by atoms with Gasteiger partial charge in [0, 0.05) is 16.8 Å². The van der Waals surface area contributed by atoms with Crippen LogP contribution >= 0.6 is 0 Å². The summed E-state index contributed by atoms with van der Waals surface area (Å²) in [5.41, 5.74) is 5.99. The zero-order valence-corrected chi connectivity index (χ0v) is 17.3. The summed E-state index contributed by atoms with van der Waals surface area (Å²) in [5, 5.41) is 3.48. The van der Waals surface area contributed by atoms with Crippen LogP contribution in [0.3, 0.4) is 0 Å². The molecule has 0 fully saturated rings. The lowest BCUT2D eigenvalue weighted by Crippen LogP contribution is -2.14. The zero-order chi connectivity index (χ0) is 20.9. The third-order valence-electron chi connectivity index (χ3n) is 5.20. The molecule has 0 saturated carbocycles. The Balaban J connectivity index is 2.01. The molecule has 0 spiro atoms. The Hall–Kier alpha value is -3.53. The molecule has 3 aromatic rings. The molecule has 1 aliphatic rings. The highest BCUT2D eigenvalue weighted by molar-refractivity contribution is 6.03. The normalized spacial score (nSPS) is 12.5. The lowest BCUT2D eigenvalue weighted by atomic mass is 9.87. The molecule has 1 heterocycles. The van der Waals surface area contributed by atoms with Crippen LogP contribution in [-0.2, 0) is 11.2 Å². The second kappa shape index (κ2) is 8.87. The van der Waals surface area contributed by atoms with Crippen LogP contribution in [0.5, 0.6) is 5.75 Å². The topological polar surface area (TPSA) is 47.6 Å². The molecule has 0 amide bonds. The number of fused-ring (bicyclic) bond motifs is 1. The van der Waals surface area contributed by atoms with Crippen molar-refractivity contribution < 1.29 is 14.3 Å². The van der Waals surface area contributed by atoms with Crippen molar-refractivity contribution >= 4 is 17.3 Å². The summed E-state index contributed by atoms with van der Waals surface area (Å²) in [7, 11) is 0. The quantitative estimate of drug-likeness (QED) is 0.418. The highest BCUT2D eigenvalue weighted by Crippen LogP contribution is 2.45. The fourth-order valence-electron chi connectivity index (χ4n) is 3.85. The monoisotopic (exact) mass is 399 g/mol. The second-order valence-electron chi connectivity index (χ2n) is 7.12. The number of benzene rings is 3. The molecule has 4 nitrogen and oxygen atoms in total. The molecular weight excluding hydrogens is 374 g/mol. The van der Waals surface area contributed by atoms with Gasteiger partial charge in [-0.05, 0) is 43.5 Å². The number of rotatable bonds is 5. The minimum Gasteiger partial charge on any atom is -0.487 e. The van der Waals surface area contributed by atoms with E-state index < -0.39 is 0 Å². The summed E-state index contributed by atoms with van der Waals surface area (Å²) >= 11 is 0. The SMILES string of the molecule is CCOC(=O)c1c(C)c(Nc2ccccc2)c2c(c1-c1ccccc1)CC=CCO2. The van der Waals surface area contributed by atoms with Gasteiger partial charge in [-0.15, -0.1) is 0 Å². The maximum Gasteiger partial charge on any atom is 0.339 e. The number of hydrogen-bond acceptors (Lipinski definition) is 4. The summed E-state index contributed by atoms with van der Waals surface area (Å²) in [4.78, 5) is 13.1. The number of anilines is 2. The summed E-state index contributed by atoms with van der Waals surface area (Å²) in [6, 6.07) is 19.9. The van der Waals surface area contributed by atoms with Gasteiger partial charge in [-0.2, -0.15) is 0 Å². The highest BCUT2D eigenvalue weighted by atomic mass is 16.5. The fourth-order valence-corrected chi connectivity index (χ4v) is 3.85. The van der Waals surface area contributed by atoms with Crippen LogP contribution in [0, 0.1) is 6.92 Å². The third-order valence-corrected chi connectivity index (χ3v) is 5.20. The van der Waals surface area contributed by atoms with E-state index in [0.29, 0.717) is 25.2 Å². The summed E-state index contributed by atoms with van der Waals surface area (Å²) in [5.74, 6) is 0.467. The van der Waals surface area contributed by atoms with Gasteiger partial charge in [0.1, 0.15) is 12.4 Å². The van der Waals surface area contributed by atoms with Crippen molar-refractivity contribution in [2.45, 2.75) is 20.3 Å². The van der Waals surface area contributed by atoms with Crippen molar-refractivity contribution in [1.29, 1.82) is 0 Å². The smallest absolute Gasteiger partial charge is 0.339 e. The lowest BCUT2D eigenvalue weighted by Gasteiger charge is -2.24. The standard InChI is InChI=1S/C26H25NO3/c1-3-29-26(28)22-18(2)24(27-20-14-8-5-9-15-20)25-21(16-10-11-17-30-25)23(22)19-12-6-4-7-13-19/h4-15,27H,3,16-17H2,1-2H3. The van der Waals surface area contributed by atoms with E-state index in [9.17, 15) is 4.79 Å². The first-order valence-corrected chi connectivity index (χ1v) is 10.2. The molecule has 0 saturated heterocycles. The van der Waals surface area contributed by atoms with Crippen LogP contribution in [0.2, 0.25) is 0 Å². The Morgan fingerprint density at radius 1 is 1.03 bits per heavy atom. The second-order valence-corrected chi connectivity index (χ2v) is 7.12. The molecule has 3 aromatic carbocycles. The molecule has 1 N–H and O–H groups in total. The average Bonchev–Trinajstić information content (AvgIpc) is 3.02. The molecule has 30 heavy (non-hydrogen) atoms. The maximum atomic E-state index is 13.1. The summed E-state index contributed by atoms with van der Waals surface area (Å²) < 4.78 is 11.7. The van der Waals surface area contributed by atoms with Gasteiger partial charge < -0.3 is 14.8 Å². The van der Waals surface area contributed by atoms with Gasteiger partial charge in [0.25, 0.3) is 0 Å². The van der Waals surface area contributed by atoms with Crippen molar-refractivity contribution in [1.82, 2.24) is 0 Å². The molecule has 0 radical (unpaired) electrons. The minimum atomic E-state index is -0.319. The Bertz CT molecular complexity index is 1070. The maximum absolute atomic E-state index is 13.1. The van der Waals surface area contributed by atoms with Crippen molar-refractivity contribution in [2.75, 3.05) is 18.5 Å². The van der Waals surface area contributed by atoms with Crippen LogP contribution in [0.25, 0.3) is 11.1 Å². The summed E-state index contributed by atoms with van der Waals surface area (Å²) in [6.45, 7) is 4.59. The summed E-state index contributed by atoms with van der Waals surface area (Å²) in [6.07, 6.45) is 4.78. The molecule has 1 aliphatic heterocycles. The first kappa shape index (κ1) is 19.8. The number of ether oxygens (including phenoxy) is 2. The van der Waals surface area contributed by atoms with E-state index in [-0.39, 0.29) is 5.97 Å². The van der Waals surface area contributed by atoms with E-state index in [1.165, 1.54) is 0 Å². The molecule has 0 aromatic heterocycles. The molecule has 152 valence electrons. The van der Waals surface area contributed by atoms with E-state index in [4.69, 9.17) is 9.47 Å². The van der Waals surface area contributed by atoms with Crippen LogP contribution in [0.1, 0.15) is 28.4 Å². The Morgan fingerprint density at radius 3 is 2.43 bits per heavy atom. The number of nitrogens with one attached hydrogen (secondary N) is 1. The number of allylic oxidation sites excluding steroid dienone is 1. The van der Waals surface area contributed by atoms with Gasteiger partial charge in [0.2, 0.25) is 0 Å². The van der Waals surface area contributed by atoms with E-state index in [0.717, 1.165) is 39.4 Å². The van der Waals surface area contributed by atoms with Crippen molar-refractivity contribution in [3.8, 4) is 16.9 Å². The zero-order valence-electron chi connectivity index (χ0n) is 17.3. The first-order valence-electron chi connectivity index (χ1n) is 10.2. The van der Waals surface area contributed by atoms with Crippen molar-refractivity contribution in [2.24, 2.45) is 0 Å². The van der Waals surface area contributed by atoms with E-state index in [1.54, 1.807) is 0 Å². The van der Waals surface area contributed by atoms with Gasteiger partial charge >= 0.3 is 5.97 Å². The average molecular weight is 399 g/mol. The van der Waals surface area contributed by atoms with E-state index >= 15 is 0 Å². The Labute approximate surface area is 177 Å². The minimum absolute atomic E-state index is 0.319. The highest BCUT2D eigenvalue weighted by Gasteiger charge is 2.28. The largest absolute Gasteiger partial charge is 0.487 e. The molecule has 0 atom stereocenters. The van der Waals surface area contributed by atoms with Crippen LogP contribution in [-0.4, -0.2) is 19.2 Å². The lowest BCUT2D eigenvalue weighted by molar-refractivity contribution is 0.0526. The van der Waals surface area contributed by atoms with Crippen molar-refractivity contribution in [3.05, 3.63) is 89.5 Å². The Morgan fingerprint density at radius 2 is 1.73 bits per heavy atom. The van der Waals surface area contributed by atoms with Gasteiger partial charge in [-0.1, -0.05) is 60.7 Å². The number of para-hydroxylation sites is 1. The number of esters is 1. The van der Waals surface area contributed by atoms with Gasteiger partial charge in [0.15, 0.2) is 0 Å². The fraction of sp³-hybridized carbons (Fsp3) is 0.192. The predicted molar refractivity (Wildman–Crippen MR) is 121 cm³/mol. The van der Waals surface area contributed by atoms with Gasteiger partial charge in [-0.25, -0.2) is 4.79 Å². The third kappa shape index (κ3) is 3.81.